The van der Waals surface area contributed by atoms with Crippen LogP contribution in [-0.4, -0.2) is 47.0 Å². The maximum Gasteiger partial charge on any atom is 0.222 e. The quantitative estimate of drug-likeness (QED) is 0.855. The number of nitrogens with zero attached hydrogens (tertiary/aromatic N) is 4. The molecule has 0 aliphatic carbocycles. The van der Waals surface area contributed by atoms with Crippen LogP contribution in [0.25, 0.3) is 0 Å². The lowest BCUT2D eigenvalue weighted by Gasteiger charge is -2.33. The first-order valence-corrected chi connectivity index (χ1v) is 8.53. The Morgan fingerprint density at radius 3 is 2.77 bits per heavy atom. The van der Waals surface area contributed by atoms with Crippen molar-refractivity contribution >= 4 is 23.3 Å². The first-order valence-electron chi connectivity index (χ1n) is 8.15. The second-order valence-electron chi connectivity index (χ2n) is 6.29. The predicted molar refractivity (Wildman–Crippen MR) is 87.1 cm³/mol. The number of carbonyl (C=O) groups is 1. The maximum atomic E-state index is 11.6. The van der Waals surface area contributed by atoms with Crippen LogP contribution in [0.3, 0.4) is 0 Å². The van der Waals surface area contributed by atoms with Crippen LogP contribution >= 0.6 is 11.6 Å². The van der Waals surface area contributed by atoms with Gasteiger partial charge in [-0.15, -0.1) is 0 Å². The Hall–Kier alpha value is -1.36. The Morgan fingerprint density at radius 2 is 2.09 bits per heavy atom. The number of hydrogen-bond donors (Lipinski definition) is 0. The topological polar surface area (TPSA) is 49.3 Å². The van der Waals surface area contributed by atoms with Crippen molar-refractivity contribution in [1.82, 2.24) is 14.9 Å². The molecule has 1 aromatic heterocycles. The molecule has 0 saturated carbocycles. The van der Waals surface area contributed by atoms with Gasteiger partial charge in [0.15, 0.2) is 5.82 Å². The molecule has 2 aliphatic heterocycles. The van der Waals surface area contributed by atoms with Gasteiger partial charge in [-0.05, 0) is 38.5 Å². The van der Waals surface area contributed by atoms with Crippen molar-refractivity contribution in [3.63, 3.8) is 0 Å². The zero-order valence-electron chi connectivity index (χ0n) is 13.1. The van der Waals surface area contributed by atoms with Crippen LogP contribution < -0.4 is 4.90 Å². The molecule has 6 heteroatoms. The van der Waals surface area contributed by atoms with E-state index >= 15 is 0 Å². The van der Waals surface area contributed by atoms with Gasteiger partial charge in [0.2, 0.25) is 5.91 Å². The van der Waals surface area contributed by atoms with Crippen molar-refractivity contribution in [2.45, 2.75) is 39.0 Å². The van der Waals surface area contributed by atoms with Crippen molar-refractivity contribution in [3.05, 3.63) is 17.0 Å². The minimum Gasteiger partial charge on any atom is -0.355 e. The van der Waals surface area contributed by atoms with Crippen LogP contribution in [-0.2, 0) is 4.79 Å². The van der Waals surface area contributed by atoms with E-state index in [4.69, 9.17) is 11.6 Å². The molecule has 1 amide bonds. The fourth-order valence-corrected chi connectivity index (χ4v) is 3.59. The van der Waals surface area contributed by atoms with E-state index in [1.165, 1.54) is 0 Å². The molecule has 22 heavy (non-hydrogen) atoms. The lowest BCUT2D eigenvalue weighted by atomic mass is 9.93. The van der Waals surface area contributed by atoms with Gasteiger partial charge in [-0.25, -0.2) is 9.97 Å². The predicted octanol–water partition coefficient (Wildman–Crippen LogP) is 2.67. The summed E-state index contributed by atoms with van der Waals surface area (Å²) in [6.45, 7) is 5.73. The molecule has 3 heterocycles. The third kappa shape index (κ3) is 3.51. The van der Waals surface area contributed by atoms with Gasteiger partial charge in [-0.1, -0.05) is 11.6 Å². The highest BCUT2D eigenvalue weighted by atomic mass is 35.5. The lowest BCUT2D eigenvalue weighted by Crippen LogP contribution is -2.36. The smallest absolute Gasteiger partial charge is 0.222 e. The number of carbonyl (C=O) groups excluding carboxylic acids is 1. The van der Waals surface area contributed by atoms with Crippen LogP contribution in [0, 0.1) is 12.8 Å². The summed E-state index contributed by atoms with van der Waals surface area (Å²) in [5.74, 6) is 2.66. The second-order valence-corrected chi connectivity index (χ2v) is 6.70. The van der Waals surface area contributed by atoms with E-state index in [0.29, 0.717) is 16.8 Å². The molecule has 0 atom stereocenters. The second kappa shape index (κ2) is 6.82. The van der Waals surface area contributed by atoms with Gasteiger partial charge in [-0.2, -0.15) is 0 Å². The summed E-state index contributed by atoms with van der Waals surface area (Å²) < 4.78 is 0. The van der Waals surface area contributed by atoms with Gasteiger partial charge in [-0.3, -0.25) is 4.79 Å². The zero-order chi connectivity index (χ0) is 15.5. The number of anilines is 1. The first-order chi connectivity index (χ1) is 10.6. The molecule has 0 radical (unpaired) electrons. The molecule has 1 aromatic rings. The van der Waals surface area contributed by atoms with E-state index in [1.807, 2.05) is 11.8 Å². The number of likely N-dealkylation sites (tertiary alicyclic amines) is 1. The number of aromatic nitrogens is 2. The monoisotopic (exact) mass is 322 g/mol. The molecule has 0 aromatic carbocycles. The van der Waals surface area contributed by atoms with Gasteiger partial charge in [0.05, 0.1) is 6.20 Å². The Morgan fingerprint density at radius 1 is 1.32 bits per heavy atom. The summed E-state index contributed by atoms with van der Waals surface area (Å²) >= 11 is 6.22. The molecule has 2 fully saturated rings. The largest absolute Gasteiger partial charge is 0.355 e. The van der Waals surface area contributed by atoms with Gasteiger partial charge in [0, 0.05) is 32.6 Å². The molecule has 2 aliphatic rings. The van der Waals surface area contributed by atoms with E-state index in [-0.39, 0.29) is 0 Å². The van der Waals surface area contributed by atoms with E-state index in [9.17, 15) is 4.79 Å². The van der Waals surface area contributed by atoms with Crippen LogP contribution in [0.4, 0.5) is 5.82 Å². The molecule has 0 N–H and O–H groups in total. The van der Waals surface area contributed by atoms with Gasteiger partial charge < -0.3 is 9.80 Å². The maximum absolute atomic E-state index is 11.6. The van der Waals surface area contributed by atoms with Gasteiger partial charge in [0.1, 0.15) is 10.8 Å². The molecular weight excluding hydrogens is 300 g/mol. The Kier molecular flexibility index (Phi) is 4.81. The van der Waals surface area contributed by atoms with E-state index in [0.717, 1.165) is 69.9 Å². The molecule has 2 saturated heterocycles. The SMILES string of the molecule is Cc1ncc(Cl)c(N2CCC(CCN3CCCC3=O)CC2)n1. The van der Waals surface area contributed by atoms with Crippen molar-refractivity contribution in [2.75, 3.05) is 31.1 Å². The number of amides is 1. The molecule has 120 valence electrons. The third-order valence-corrected chi connectivity index (χ3v) is 5.01. The summed E-state index contributed by atoms with van der Waals surface area (Å²) in [5.41, 5.74) is 0. The van der Waals surface area contributed by atoms with Crippen LogP contribution in [0.1, 0.15) is 37.9 Å². The Balaban J connectivity index is 1.50. The van der Waals surface area contributed by atoms with E-state index in [1.54, 1.807) is 6.20 Å². The number of piperidine rings is 1. The summed E-state index contributed by atoms with van der Waals surface area (Å²) in [4.78, 5) is 24.5. The fraction of sp³-hybridized carbons (Fsp3) is 0.688. The molecule has 0 unspecified atom stereocenters. The normalized spacial score (nSPS) is 20.0. The lowest BCUT2D eigenvalue weighted by molar-refractivity contribution is -0.127. The number of hydrogen-bond acceptors (Lipinski definition) is 4. The van der Waals surface area contributed by atoms with E-state index < -0.39 is 0 Å². The first kappa shape index (κ1) is 15.5. The highest BCUT2D eigenvalue weighted by Gasteiger charge is 2.25. The summed E-state index contributed by atoms with van der Waals surface area (Å²) in [5, 5.41) is 0.631. The average Bonchev–Trinajstić information content (AvgIpc) is 2.93. The third-order valence-electron chi connectivity index (χ3n) is 4.74. The number of rotatable bonds is 4. The Bertz CT molecular complexity index is 543. The molecule has 3 rings (SSSR count). The van der Waals surface area contributed by atoms with Crippen molar-refractivity contribution in [1.29, 1.82) is 0 Å². The van der Waals surface area contributed by atoms with Crippen molar-refractivity contribution in [3.8, 4) is 0 Å². The summed E-state index contributed by atoms with van der Waals surface area (Å²) in [6.07, 6.45) is 6.86. The number of aryl methyl sites for hydroxylation is 1. The zero-order valence-corrected chi connectivity index (χ0v) is 13.8. The minimum absolute atomic E-state index is 0.334. The molecular formula is C16H23ClN4O. The standard InChI is InChI=1S/C16H23ClN4O/c1-12-18-11-14(17)16(19-12)21-9-5-13(6-10-21)4-8-20-7-2-3-15(20)22/h11,13H,2-10H2,1H3. The van der Waals surface area contributed by atoms with Crippen molar-refractivity contribution in [2.24, 2.45) is 5.92 Å². The molecule has 5 nitrogen and oxygen atoms in total. The minimum atomic E-state index is 0.334. The highest BCUT2D eigenvalue weighted by molar-refractivity contribution is 6.32. The Labute approximate surface area is 136 Å². The molecule has 0 bridgehead atoms. The van der Waals surface area contributed by atoms with Gasteiger partial charge >= 0.3 is 0 Å². The molecule has 0 spiro atoms. The van der Waals surface area contributed by atoms with Crippen LogP contribution in [0.2, 0.25) is 5.02 Å². The number of halogens is 1. The average molecular weight is 323 g/mol. The van der Waals surface area contributed by atoms with Crippen LogP contribution in [0.5, 0.6) is 0 Å². The van der Waals surface area contributed by atoms with Gasteiger partial charge in [0.25, 0.3) is 0 Å². The van der Waals surface area contributed by atoms with Crippen molar-refractivity contribution < 1.29 is 4.79 Å². The summed E-state index contributed by atoms with van der Waals surface area (Å²) in [6, 6.07) is 0. The fourth-order valence-electron chi connectivity index (χ4n) is 3.38. The highest BCUT2D eigenvalue weighted by Crippen LogP contribution is 2.29. The van der Waals surface area contributed by atoms with Crippen LogP contribution in [0.15, 0.2) is 6.20 Å². The van der Waals surface area contributed by atoms with E-state index in [2.05, 4.69) is 14.9 Å². The summed E-state index contributed by atoms with van der Waals surface area (Å²) in [7, 11) is 0.